The van der Waals surface area contributed by atoms with Crippen LogP contribution in [0.3, 0.4) is 0 Å². The van der Waals surface area contributed by atoms with E-state index >= 15 is 0 Å². The second kappa shape index (κ2) is 22.4. The number of hydrogen-bond acceptors (Lipinski definition) is 2. The van der Waals surface area contributed by atoms with E-state index < -0.39 is 23.3 Å². The maximum absolute atomic E-state index is 12.9. The maximum Gasteiger partial charge on any atom is 4.00 e. The van der Waals surface area contributed by atoms with Crippen molar-refractivity contribution in [2.75, 3.05) is 23.7 Å². The summed E-state index contributed by atoms with van der Waals surface area (Å²) >= 11 is 0. The van der Waals surface area contributed by atoms with Gasteiger partial charge in [0.1, 0.15) is 0 Å². The zero-order valence-electron chi connectivity index (χ0n) is 21.3. The number of halogens is 4. The molecule has 0 aromatic heterocycles. The maximum atomic E-state index is 12.9. The first-order valence-electron chi connectivity index (χ1n) is 12.0. The Morgan fingerprint density at radius 2 is 0.973 bits per heavy atom. The molecule has 2 N–H and O–H groups in total. The fourth-order valence-electron chi connectivity index (χ4n) is 2.60. The van der Waals surface area contributed by atoms with Gasteiger partial charge in [-0.15, -0.1) is 36.4 Å². The SMILES string of the molecule is CCCCNc1ccc(F)[c-]c1F.CCCCNc1ccc(F)[c-]c1F.[Ti+4].c1cc[cH-]c1.c1cc[cH-]c1. The summed E-state index contributed by atoms with van der Waals surface area (Å²) in [6.45, 7) is 5.50. The molecule has 0 aliphatic heterocycles. The molecule has 0 aliphatic carbocycles. The minimum atomic E-state index is -0.668. The van der Waals surface area contributed by atoms with Gasteiger partial charge >= 0.3 is 21.7 Å². The van der Waals surface area contributed by atoms with Crippen LogP contribution in [0, 0.1) is 35.4 Å². The third-order valence-corrected chi connectivity index (χ3v) is 4.53. The van der Waals surface area contributed by atoms with E-state index in [9.17, 15) is 17.6 Å². The number of anilines is 2. The van der Waals surface area contributed by atoms with Crippen molar-refractivity contribution >= 4 is 11.4 Å². The van der Waals surface area contributed by atoms with Gasteiger partial charge in [-0.2, -0.15) is 36.4 Å². The minimum Gasteiger partial charge on any atom is -0.434 e. The van der Waals surface area contributed by atoms with Crippen LogP contribution >= 0.6 is 0 Å². The molecule has 0 amide bonds. The number of benzene rings is 2. The van der Waals surface area contributed by atoms with Crippen LogP contribution in [0.15, 0.2) is 84.9 Å². The van der Waals surface area contributed by atoms with Gasteiger partial charge < -0.3 is 10.6 Å². The molecule has 37 heavy (non-hydrogen) atoms. The fourth-order valence-corrected chi connectivity index (χ4v) is 2.60. The Balaban J connectivity index is 0.000000502. The summed E-state index contributed by atoms with van der Waals surface area (Å²) in [7, 11) is 0. The zero-order chi connectivity index (χ0) is 26.4. The molecule has 0 radical (unpaired) electrons. The quantitative estimate of drug-likeness (QED) is 0.0999. The largest absolute Gasteiger partial charge is 4.00 e. The van der Waals surface area contributed by atoms with Crippen molar-refractivity contribution in [1.82, 2.24) is 0 Å². The predicted molar refractivity (Wildman–Crippen MR) is 141 cm³/mol. The molecule has 0 fully saturated rings. The van der Waals surface area contributed by atoms with Gasteiger partial charge in [-0.25, -0.2) is 41.8 Å². The summed E-state index contributed by atoms with van der Waals surface area (Å²) in [5.41, 5.74) is 0.629. The van der Waals surface area contributed by atoms with E-state index in [1.807, 2.05) is 72.8 Å². The summed E-state index contributed by atoms with van der Waals surface area (Å²) in [6, 6.07) is 29.1. The molecule has 2 nitrogen and oxygen atoms in total. The number of hydrogen-bond donors (Lipinski definition) is 2. The van der Waals surface area contributed by atoms with Crippen LogP contribution in [0.1, 0.15) is 39.5 Å². The van der Waals surface area contributed by atoms with Crippen LogP contribution in [0.5, 0.6) is 0 Å². The molecular weight excluding hydrogens is 512 g/mol. The molecule has 0 unspecified atom stereocenters. The van der Waals surface area contributed by atoms with E-state index in [-0.39, 0.29) is 21.7 Å². The van der Waals surface area contributed by atoms with Gasteiger partial charge in [0.05, 0.1) is 0 Å². The second-order valence-electron chi connectivity index (χ2n) is 7.55. The van der Waals surface area contributed by atoms with Gasteiger partial charge in [-0.1, -0.05) is 26.7 Å². The molecule has 7 heteroatoms. The average molecular weight is 546 g/mol. The van der Waals surface area contributed by atoms with Crippen LogP contribution in [0.2, 0.25) is 0 Å². The molecule has 0 spiro atoms. The van der Waals surface area contributed by atoms with Gasteiger partial charge in [0.25, 0.3) is 0 Å². The first-order chi connectivity index (χ1) is 17.5. The van der Waals surface area contributed by atoms with Gasteiger partial charge in [-0.3, -0.25) is 0 Å². The van der Waals surface area contributed by atoms with Crippen molar-refractivity contribution in [1.29, 1.82) is 0 Å². The monoisotopic (exact) mass is 546 g/mol. The standard InChI is InChI=1S/2C10H12F2N.2C5H5.Ti/c2*1-2-3-6-13-10-5-4-8(11)7-9(10)12;2*1-2-4-5-3-1;/h2*4-5,13H,2-3,6H2,1H3;2*1-5H;/q4*-1;+4. The average Bonchev–Trinajstić information content (AvgIpc) is 3.62. The van der Waals surface area contributed by atoms with Gasteiger partial charge in [0, 0.05) is 36.4 Å². The first-order valence-corrected chi connectivity index (χ1v) is 12.0. The van der Waals surface area contributed by atoms with Crippen molar-refractivity contribution in [2.45, 2.75) is 39.5 Å². The Morgan fingerprint density at radius 1 is 0.622 bits per heavy atom. The molecule has 0 bridgehead atoms. The number of unbranched alkanes of at least 4 members (excludes halogenated alkanes) is 2. The van der Waals surface area contributed by atoms with Gasteiger partial charge in [0.15, 0.2) is 0 Å². The molecule has 0 aliphatic rings. The van der Waals surface area contributed by atoms with Crippen molar-refractivity contribution in [3.63, 3.8) is 0 Å². The molecule has 4 aromatic rings. The number of rotatable bonds is 8. The van der Waals surface area contributed by atoms with E-state index in [2.05, 4.69) is 24.5 Å². The zero-order valence-corrected chi connectivity index (χ0v) is 22.9. The molecular formula is C30H34F4N2Ti. The summed E-state index contributed by atoms with van der Waals surface area (Å²) in [6.07, 6.45) is 4.02. The Kier molecular flexibility index (Phi) is 20.7. The van der Waals surface area contributed by atoms with E-state index in [0.29, 0.717) is 24.5 Å². The molecule has 4 aromatic carbocycles. The third kappa shape index (κ3) is 17.3. The van der Waals surface area contributed by atoms with E-state index in [1.54, 1.807) is 0 Å². The van der Waals surface area contributed by atoms with Crippen LogP contribution in [-0.4, -0.2) is 13.1 Å². The normalized spacial score (nSPS) is 9.24. The molecule has 4 rings (SSSR count). The van der Waals surface area contributed by atoms with Crippen molar-refractivity contribution in [3.05, 3.63) is 120 Å². The molecule has 196 valence electrons. The first kappa shape index (κ1) is 34.2. The van der Waals surface area contributed by atoms with Crippen LogP contribution < -0.4 is 10.6 Å². The van der Waals surface area contributed by atoms with Crippen LogP contribution in [0.4, 0.5) is 28.9 Å². The van der Waals surface area contributed by atoms with Crippen molar-refractivity contribution in [3.8, 4) is 0 Å². The molecule has 0 saturated carbocycles. The van der Waals surface area contributed by atoms with E-state index in [4.69, 9.17) is 0 Å². The Labute approximate surface area is 233 Å². The van der Waals surface area contributed by atoms with Crippen LogP contribution in [-0.2, 0) is 21.7 Å². The van der Waals surface area contributed by atoms with E-state index in [0.717, 1.165) is 25.7 Å². The topological polar surface area (TPSA) is 24.1 Å². The van der Waals surface area contributed by atoms with Crippen molar-refractivity contribution in [2.24, 2.45) is 0 Å². The fraction of sp³-hybridized carbons (Fsp3) is 0.267. The number of nitrogens with one attached hydrogen (secondary N) is 2. The summed E-state index contributed by atoms with van der Waals surface area (Å²) in [5.74, 6) is -2.65. The Hall–Kier alpha value is -2.83. The van der Waals surface area contributed by atoms with Gasteiger partial charge in [-0.05, 0) is 24.2 Å². The Bertz CT molecular complexity index is 904. The summed E-state index contributed by atoms with van der Waals surface area (Å²) in [5, 5.41) is 5.74. The molecule has 0 heterocycles. The molecule has 0 saturated heterocycles. The van der Waals surface area contributed by atoms with Gasteiger partial charge in [0.2, 0.25) is 0 Å². The Morgan fingerprint density at radius 3 is 1.22 bits per heavy atom. The van der Waals surface area contributed by atoms with E-state index in [1.165, 1.54) is 24.3 Å². The minimum absolute atomic E-state index is 0. The molecule has 0 atom stereocenters. The second-order valence-corrected chi connectivity index (χ2v) is 7.55. The summed E-state index contributed by atoms with van der Waals surface area (Å²) in [4.78, 5) is 0. The predicted octanol–water partition coefficient (Wildman–Crippen LogP) is 8.76. The van der Waals surface area contributed by atoms with Crippen molar-refractivity contribution < 1.29 is 39.3 Å². The van der Waals surface area contributed by atoms with Crippen LogP contribution in [0.25, 0.3) is 0 Å². The third-order valence-electron chi connectivity index (χ3n) is 4.53. The smallest absolute Gasteiger partial charge is 0.434 e. The summed E-state index contributed by atoms with van der Waals surface area (Å²) < 4.78 is 50.7.